The Morgan fingerprint density at radius 1 is 1.03 bits per heavy atom. The number of aromatic nitrogens is 3. The SMILES string of the molecule is Cc1ccc2cc(C(=O)N3CC(C)N(C(=O)c4ccn[nH]c4=O)CC3C)[nH]c2c1. The second-order valence-corrected chi connectivity index (χ2v) is 7.69. The van der Waals surface area contributed by atoms with Crippen LogP contribution < -0.4 is 5.56 Å². The van der Waals surface area contributed by atoms with E-state index in [9.17, 15) is 14.4 Å². The Bertz CT molecular complexity index is 1150. The van der Waals surface area contributed by atoms with E-state index in [1.165, 1.54) is 12.3 Å². The van der Waals surface area contributed by atoms with Crippen LogP contribution in [0.4, 0.5) is 0 Å². The highest BCUT2D eigenvalue weighted by molar-refractivity contribution is 5.99. The van der Waals surface area contributed by atoms with Crippen molar-refractivity contribution in [2.24, 2.45) is 0 Å². The summed E-state index contributed by atoms with van der Waals surface area (Å²) in [7, 11) is 0. The van der Waals surface area contributed by atoms with Gasteiger partial charge in [-0.25, -0.2) is 5.10 Å². The van der Waals surface area contributed by atoms with Crippen LogP contribution >= 0.6 is 0 Å². The second kappa shape index (κ2) is 7.20. The average Bonchev–Trinajstić information content (AvgIpc) is 3.12. The van der Waals surface area contributed by atoms with Crippen molar-refractivity contribution in [1.82, 2.24) is 25.0 Å². The number of hydrogen-bond acceptors (Lipinski definition) is 4. The molecule has 8 nitrogen and oxygen atoms in total. The molecule has 8 heteroatoms. The molecule has 3 aromatic rings. The van der Waals surface area contributed by atoms with Crippen molar-refractivity contribution in [1.29, 1.82) is 0 Å². The number of fused-ring (bicyclic) bond motifs is 1. The molecule has 1 saturated heterocycles. The Kier molecular flexibility index (Phi) is 4.70. The van der Waals surface area contributed by atoms with Crippen LogP contribution in [0.5, 0.6) is 0 Å². The maximum Gasteiger partial charge on any atom is 0.277 e. The third kappa shape index (κ3) is 3.41. The Balaban J connectivity index is 1.55. The van der Waals surface area contributed by atoms with Gasteiger partial charge in [-0.2, -0.15) is 5.10 Å². The molecule has 1 aromatic carbocycles. The van der Waals surface area contributed by atoms with Crippen LogP contribution in [0.1, 0.15) is 40.3 Å². The van der Waals surface area contributed by atoms with Crippen LogP contribution in [0, 0.1) is 6.92 Å². The van der Waals surface area contributed by atoms with Crippen molar-refractivity contribution in [2.45, 2.75) is 32.9 Å². The molecule has 0 spiro atoms. The number of amides is 2. The quantitative estimate of drug-likeness (QED) is 0.694. The zero-order valence-electron chi connectivity index (χ0n) is 16.6. The Labute approximate surface area is 167 Å². The van der Waals surface area contributed by atoms with Gasteiger partial charge < -0.3 is 14.8 Å². The fourth-order valence-corrected chi connectivity index (χ4v) is 3.87. The van der Waals surface area contributed by atoms with Gasteiger partial charge in [0.25, 0.3) is 17.4 Å². The predicted molar refractivity (Wildman–Crippen MR) is 109 cm³/mol. The highest BCUT2D eigenvalue weighted by Gasteiger charge is 2.36. The molecule has 1 aliphatic rings. The summed E-state index contributed by atoms with van der Waals surface area (Å²) in [4.78, 5) is 44.5. The van der Waals surface area contributed by atoms with Crippen LogP contribution in [0.3, 0.4) is 0 Å². The first-order valence-corrected chi connectivity index (χ1v) is 9.60. The van der Waals surface area contributed by atoms with Crippen molar-refractivity contribution in [3.05, 3.63) is 63.7 Å². The monoisotopic (exact) mass is 393 g/mol. The molecule has 0 aliphatic carbocycles. The number of nitrogens with one attached hydrogen (secondary N) is 2. The third-order valence-electron chi connectivity index (χ3n) is 5.47. The number of nitrogens with zero attached hydrogens (tertiary/aromatic N) is 3. The molecule has 1 fully saturated rings. The lowest BCUT2D eigenvalue weighted by molar-refractivity contribution is 0.0266. The third-order valence-corrected chi connectivity index (χ3v) is 5.47. The lowest BCUT2D eigenvalue weighted by Crippen LogP contribution is -2.60. The average molecular weight is 393 g/mol. The van der Waals surface area contributed by atoms with E-state index < -0.39 is 5.56 Å². The van der Waals surface area contributed by atoms with Crippen LogP contribution in [0.2, 0.25) is 0 Å². The van der Waals surface area contributed by atoms with E-state index in [1.807, 2.05) is 45.0 Å². The number of aryl methyl sites for hydroxylation is 1. The summed E-state index contributed by atoms with van der Waals surface area (Å²) >= 11 is 0. The molecule has 0 bridgehead atoms. The van der Waals surface area contributed by atoms with Crippen molar-refractivity contribution in [3.8, 4) is 0 Å². The maximum absolute atomic E-state index is 13.1. The summed E-state index contributed by atoms with van der Waals surface area (Å²) in [6.45, 7) is 6.55. The summed E-state index contributed by atoms with van der Waals surface area (Å²) in [6.07, 6.45) is 1.39. The van der Waals surface area contributed by atoms with Crippen molar-refractivity contribution < 1.29 is 9.59 Å². The molecular weight excluding hydrogens is 370 g/mol. The van der Waals surface area contributed by atoms with E-state index in [1.54, 1.807) is 9.80 Å². The zero-order valence-corrected chi connectivity index (χ0v) is 16.6. The van der Waals surface area contributed by atoms with Gasteiger partial charge in [-0.15, -0.1) is 0 Å². The van der Waals surface area contributed by atoms with Gasteiger partial charge in [-0.3, -0.25) is 14.4 Å². The lowest BCUT2D eigenvalue weighted by Gasteiger charge is -2.43. The number of carbonyl (C=O) groups is 2. The van der Waals surface area contributed by atoms with Crippen molar-refractivity contribution in [2.75, 3.05) is 13.1 Å². The maximum atomic E-state index is 13.1. The molecule has 4 rings (SSSR count). The summed E-state index contributed by atoms with van der Waals surface area (Å²) in [5.41, 5.74) is 2.14. The number of H-pyrrole nitrogens is 2. The van der Waals surface area contributed by atoms with E-state index >= 15 is 0 Å². The van der Waals surface area contributed by atoms with Gasteiger partial charge in [0.1, 0.15) is 11.3 Å². The van der Waals surface area contributed by atoms with Crippen LogP contribution in [-0.4, -0.2) is 62.0 Å². The molecule has 29 heavy (non-hydrogen) atoms. The van der Waals surface area contributed by atoms with E-state index in [2.05, 4.69) is 15.2 Å². The van der Waals surface area contributed by atoms with Crippen molar-refractivity contribution in [3.63, 3.8) is 0 Å². The van der Waals surface area contributed by atoms with Gasteiger partial charge in [0, 0.05) is 42.3 Å². The highest BCUT2D eigenvalue weighted by atomic mass is 16.2. The molecular formula is C21H23N5O3. The van der Waals surface area contributed by atoms with E-state index in [0.717, 1.165) is 16.5 Å². The smallest absolute Gasteiger partial charge is 0.277 e. The van der Waals surface area contributed by atoms with E-state index in [4.69, 9.17) is 0 Å². The summed E-state index contributed by atoms with van der Waals surface area (Å²) < 4.78 is 0. The number of benzene rings is 1. The number of carbonyl (C=O) groups excluding carboxylic acids is 2. The second-order valence-electron chi connectivity index (χ2n) is 7.69. The highest BCUT2D eigenvalue weighted by Crippen LogP contribution is 2.22. The predicted octanol–water partition coefficient (Wildman–Crippen LogP) is 1.93. The Morgan fingerprint density at radius 2 is 1.72 bits per heavy atom. The largest absolute Gasteiger partial charge is 0.351 e. The normalized spacial score (nSPS) is 19.6. The standard InChI is InChI=1S/C21H23N5O3/c1-12-4-5-15-9-18(23-17(15)8-12)21(29)26-11-13(2)25(10-14(26)3)20(28)16-6-7-22-24-19(16)27/h4-9,13-14,23H,10-11H2,1-3H3,(H,24,27). The first kappa shape index (κ1) is 18.9. The van der Waals surface area contributed by atoms with Crippen LogP contribution in [0.25, 0.3) is 10.9 Å². The molecule has 3 heterocycles. The molecule has 2 unspecified atom stereocenters. The van der Waals surface area contributed by atoms with Crippen LogP contribution in [-0.2, 0) is 0 Å². The first-order chi connectivity index (χ1) is 13.8. The fraction of sp³-hybridized carbons (Fsp3) is 0.333. The summed E-state index contributed by atoms with van der Waals surface area (Å²) in [6, 6.07) is 8.90. The molecule has 1 aliphatic heterocycles. The number of piperazine rings is 1. The van der Waals surface area contributed by atoms with Gasteiger partial charge in [-0.1, -0.05) is 12.1 Å². The van der Waals surface area contributed by atoms with E-state index in [-0.39, 0.29) is 29.5 Å². The van der Waals surface area contributed by atoms with Crippen molar-refractivity contribution >= 4 is 22.7 Å². The minimum absolute atomic E-state index is 0.0600. The summed E-state index contributed by atoms with van der Waals surface area (Å²) in [5, 5.41) is 6.91. The molecule has 2 aromatic heterocycles. The molecule has 150 valence electrons. The zero-order chi connectivity index (χ0) is 20.7. The number of hydrogen-bond donors (Lipinski definition) is 2. The Hall–Kier alpha value is -3.42. The van der Waals surface area contributed by atoms with E-state index in [0.29, 0.717) is 18.8 Å². The summed E-state index contributed by atoms with van der Waals surface area (Å²) in [5.74, 6) is -0.437. The van der Waals surface area contributed by atoms with Gasteiger partial charge in [-0.05, 0) is 44.5 Å². The fourth-order valence-electron chi connectivity index (χ4n) is 3.87. The minimum Gasteiger partial charge on any atom is -0.351 e. The van der Waals surface area contributed by atoms with Gasteiger partial charge >= 0.3 is 0 Å². The molecule has 2 atom stereocenters. The number of rotatable bonds is 2. The van der Waals surface area contributed by atoms with Gasteiger partial charge in [0.2, 0.25) is 0 Å². The lowest BCUT2D eigenvalue weighted by atomic mass is 10.1. The molecule has 2 amide bonds. The van der Waals surface area contributed by atoms with Gasteiger partial charge in [0.15, 0.2) is 0 Å². The van der Waals surface area contributed by atoms with Gasteiger partial charge in [0.05, 0.1) is 0 Å². The topological polar surface area (TPSA) is 102 Å². The molecule has 2 N–H and O–H groups in total. The number of aromatic amines is 2. The first-order valence-electron chi connectivity index (χ1n) is 9.60. The Morgan fingerprint density at radius 3 is 2.41 bits per heavy atom. The van der Waals surface area contributed by atoms with Crippen LogP contribution in [0.15, 0.2) is 41.3 Å². The minimum atomic E-state index is -0.510. The molecule has 0 saturated carbocycles. The molecule has 0 radical (unpaired) electrons.